The summed E-state index contributed by atoms with van der Waals surface area (Å²) >= 11 is 1.43. The highest BCUT2D eigenvalue weighted by Crippen LogP contribution is 2.35. The van der Waals surface area contributed by atoms with Crippen molar-refractivity contribution in [2.45, 2.75) is 6.92 Å². The number of imidazole rings is 1. The summed E-state index contributed by atoms with van der Waals surface area (Å²) in [5.41, 5.74) is 1.65. The molecule has 0 radical (unpaired) electrons. The lowest BCUT2D eigenvalue weighted by atomic mass is 10.1. The summed E-state index contributed by atoms with van der Waals surface area (Å²) in [6.07, 6.45) is 0.757. The minimum Gasteiger partial charge on any atom is -0.497 e. The Balaban J connectivity index is 2.28. The molecule has 7 heteroatoms. The van der Waals surface area contributed by atoms with E-state index in [0.29, 0.717) is 33.4 Å². The number of ether oxygens (including phenoxy) is 2. The Morgan fingerprint density at radius 1 is 1.29 bits per heavy atom. The number of benzene rings is 1. The van der Waals surface area contributed by atoms with Crippen molar-refractivity contribution in [3.05, 3.63) is 28.9 Å². The van der Waals surface area contributed by atoms with Gasteiger partial charge in [0.25, 0.3) is 0 Å². The highest BCUT2D eigenvalue weighted by Gasteiger charge is 2.20. The van der Waals surface area contributed by atoms with Crippen molar-refractivity contribution in [2.75, 3.05) is 14.2 Å². The van der Waals surface area contributed by atoms with Crippen molar-refractivity contribution < 1.29 is 14.3 Å². The van der Waals surface area contributed by atoms with Gasteiger partial charge in [0.15, 0.2) is 6.29 Å². The van der Waals surface area contributed by atoms with Crippen LogP contribution in [0.2, 0.25) is 0 Å². The summed E-state index contributed by atoms with van der Waals surface area (Å²) in [6.45, 7) is 1.87. The van der Waals surface area contributed by atoms with E-state index in [1.807, 2.05) is 6.92 Å². The maximum Gasteiger partial charge on any atom is 0.213 e. The monoisotopic (exact) mass is 303 g/mol. The zero-order valence-electron chi connectivity index (χ0n) is 11.8. The fourth-order valence-corrected chi connectivity index (χ4v) is 2.91. The van der Waals surface area contributed by atoms with Gasteiger partial charge in [0.05, 0.1) is 14.2 Å². The van der Waals surface area contributed by atoms with Crippen LogP contribution in [0.1, 0.15) is 15.5 Å². The molecule has 0 bridgehead atoms. The Morgan fingerprint density at radius 2 is 2.10 bits per heavy atom. The quantitative estimate of drug-likeness (QED) is 0.693. The molecule has 3 rings (SSSR count). The highest BCUT2D eigenvalue weighted by atomic mass is 32.1. The second-order valence-corrected chi connectivity index (χ2v) is 5.51. The second-order valence-electron chi connectivity index (χ2n) is 4.35. The summed E-state index contributed by atoms with van der Waals surface area (Å²) in [5.74, 6) is 1.30. The number of nitrogens with zero attached hydrogens (tertiary/aromatic N) is 3. The smallest absolute Gasteiger partial charge is 0.213 e. The van der Waals surface area contributed by atoms with Crippen LogP contribution in [0, 0.1) is 6.92 Å². The number of carbonyl (C=O) groups is 1. The molecule has 0 N–H and O–H groups in total. The van der Waals surface area contributed by atoms with Crippen LogP contribution in [0.15, 0.2) is 18.2 Å². The molecule has 0 saturated heterocycles. The second kappa shape index (κ2) is 5.17. The van der Waals surface area contributed by atoms with Crippen LogP contribution in [0.4, 0.5) is 0 Å². The van der Waals surface area contributed by atoms with Gasteiger partial charge in [-0.1, -0.05) is 11.3 Å². The number of methoxy groups -OCH3 is 2. The molecule has 0 unspecified atom stereocenters. The van der Waals surface area contributed by atoms with Crippen LogP contribution in [0.3, 0.4) is 0 Å². The van der Waals surface area contributed by atoms with Gasteiger partial charge in [-0.25, -0.2) is 4.98 Å². The Bertz CT molecular complexity index is 822. The lowest BCUT2D eigenvalue weighted by molar-refractivity contribution is 0.111. The molecule has 0 spiro atoms. The van der Waals surface area contributed by atoms with E-state index in [-0.39, 0.29) is 0 Å². The summed E-state index contributed by atoms with van der Waals surface area (Å²) in [5, 5.41) is 5.15. The van der Waals surface area contributed by atoms with Gasteiger partial charge in [0, 0.05) is 5.56 Å². The average Bonchev–Trinajstić information content (AvgIpc) is 3.01. The molecular weight excluding hydrogens is 290 g/mol. The van der Waals surface area contributed by atoms with Crippen molar-refractivity contribution in [1.29, 1.82) is 0 Å². The largest absolute Gasteiger partial charge is 0.497 e. The fourth-order valence-electron chi connectivity index (χ4n) is 2.16. The number of hydrogen-bond donors (Lipinski definition) is 0. The van der Waals surface area contributed by atoms with Crippen molar-refractivity contribution in [1.82, 2.24) is 14.6 Å². The van der Waals surface area contributed by atoms with E-state index in [2.05, 4.69) is 10.1 Å². The molecule has 0 aliphatic heterocycles. The normalized spacial score (nSPS) is 10.8. The average molecular weight is 303 g/mol. The van der Waals surface area contributed by atoms with Gasteiger partial charge in [-0.05, 0) is 25.1 Å². The van der Waals surface area contributed by atoms with E-state index >= 15 is 0 Å². The first-order chi connectivity index (χ1) is 10.2. The number of rotatable bonds is 4. The van der Waals surface area contributed by atoms with Gasteiger partial charge in [0.1, 0.15) is 27.9 Å². The molecule has 0 atom stereocenters. The van der Waals surface area contributed by atoms with E-state index in [9.17, 15) is 4.79 Å². The standard InChI is InChI=1S/C14H13N3O3S/c1-8-16-17-11(7-18)13(15-14(17)21-8)10-6-9(19-2)4-5-12(10)20-3/h4-7H,1-3H3. The fraction of sp³-hybridized carbons (Fsp3) is 0.214. The Labute approximate surface area is 125 Å². The Kier molecular flexibility index (Phi) is 3.34. The van der Waals surface area contributed by atoms with Crippen LogP contribution in [0.5, 0.6) is 11.5 Å². The van der Waals surface area contributed by atoms with Crippen LogP contribution in [-0.4, -0.2) is 35.1 Å². The molecule has 108 valence electrons. The first kappa shape index (κ1) is 13.6. The van der Waals surface area contributed by atoms with Crippen LogP contribution in [0.25, 0.3) is 16.2 Å². The number of aromatic nitrogens is 3. The third-order valence-corrected chi connectivity index (χ3v) is 3.94. The molecule has 2 heterocycles. The van der Waals surface area contributed by atoms with Gasteiger partial charge in [-0.15, -0.1) is 0 Å². The zero-order valence-corrected chi connectivity index (χ0v) is 12.6. The minimum atomic E-state index is 0.404. The summed E-state index contributed by atoms with van der Waals surface area (Å²) < 4.78 is 12.1. The molecule has 0 fully saturated rings. The van der Waals surface area contributed by atoms with E-state index in [1.54, 1.807) is 36.9 Å². The van der Waals surface area contributed by atoms with Crippen molar-refractivity contribution in [3.63, 3.8) is 0 Å². The summed E-state index contributed by atoms with van der Waals surface area (Å²) in [7, 11) is 3.16. The van der Waals surface area contributed by atoms with Gasteiger partial charge in [0.2, 0.25) is 4.96 Å². The molecule has 21 heavy (non-hydrogen) atoms. The number of hydrogen-bond acceptors (Lipinski definition) is 6. The number of aryl methyl sites for hydroxylation is 1. The third kappa shape index (κ3) is 2.15. The topological polar surface area (TPSA) is 65.7 Å². The number of carbonyl (C=O) groups excluding carboxylic acids is 1. The van der Waals surface area contributed by atoms with Crippen LogP contribution in [-0.2, 0) is 0 Å². The Morgan fingerprint density at radius 3 is 2.76 bits per heavy atom. The maximum atomic E-state index is 11.5. The Hall–Kier alpha value is -2.41. The van der Waals surface area contributed by atoms with Gasteiger partial charge >= 0.3 is 0 Å². The number of fused-ring (bicyclic) bond motifs is 1. The van der Waals surface area contributed by atoms with Gasteiger partial charge in [-0.2, -0.15) is 9.61 Å². The molecule has 2 aromatic heterocycles. The molecule has 1 aromatic carbocycles. The first-order valence-corrected chi connectivity index (χ1v) is 7.03. The molecule has 6 nitrogen and oxygen atoms in total. The van der Waals surface area contributed by atoms with Crippen molar-refractivity contribution >= 4 is 22.6 Å². The lowest BCUT2D eigenvalue weighted by Gasteiger charge is -2.09. The maximum absolute atomic E-state index is 11.5. The minimum absolute atomic E-state index is 0.404. The SMILES string of the molecule is COc1ccc(OC)c(-c2nc3sc(C)nn3c2C=O)c1. The van der Waals surface area contributed by atoms with Gasteiger partial charge in [-0.3, -0.25) is 4.79 Å². The first-order valence-electron chi connectivity index (χ1n) is 6.21. The van der Waals surface area contributed by atoms with E-state index in [1.165, 1.54) is 11.3 Å². The predicted molar refractivity (Wildman–Crippen MR) is 79.5 cm³/mol. The van der Waals surface area contributed by atoms with Crippen LogP contribution < -0.4 is 9.47 Å². The number of aldehydes is 1. The van der Waals surface area contributed by atoms with Gasteiger partial charge < -0.3 is 9.47 Å². The third-order valence-electron chi connectivity index (χ3n) is 3.11. The lowest BCUT2D eigenvalue weighted by Crippen LogP contribution is -1.96. The molecular formula is C14H13N3O3S. The molecule has 0 saturated carbocycles. The van der Waals surface area contributed by atoms with E-state index in [0.717, 1.165) is 11.3 Å². The van der Waals surface area contributed by atoms with Crippen LogP contribution >= 0.6 is 11.3 Å². The van der Waals surface area contributed by atoms with Crippen molar-refractivity contribution in [2.24, 2.45) is 0 Å². The highest BCUT2D eigenvalue weighted by molar-refractivity contribution is 7.16. The zero-order chi connectivity index (χ0) is 15.0. The molecule has 0 aliphatic carbocycles. The van der Waals surface area contributed by atoms with E-state index < -0.39 is 0 Å². The van der Waals surface area contributed by atoms with E-state index in [4.69, 9.17) is 9.47 Å². The van der Waals surface area contributed by atoms with Crippen molar-refractivity contribution in [3.8, 4) is 22.8 Å². The molecule has 3 aromatic rings. The summed E-state index contributed by atoms with van der Waals surface area (Å²) in [6, 6.07) is 5.38. The summed E-state index contributed by atoms with van der Waals surface area (Å²) in [4.78, 5) is 16.7. The molecule has 0 aliphatic rings. The predicted octanol–water partition coefficient (Wildman–Crippen LogP) is 2.60. The molecule has 0 amide bonds.